The van der Waals surface area contributed by atoms with Gasteiger partial charge in [0, 0.05) is 6.04 Å². The van der Waals surface area contributed by atoms with Crippen molar-refractivity contribution >= 4 is 29.1 Å². The molecule has 1 aliphatic heterocycles. The summed E-state index contributed by atoms with van der Waals surface area (Å²) in [4.78, 5) is 13.1. The zero-order valence-corrected chi connectivity index (χ0v) is 10.8. The van der Waals surface area contributed by atoms with Crippen LogP contribution in [0.1, 0.15) is 24.4 Å². The number of likely N-dealkylation sites (tertiary alicyclic amines) is 1. The number of nitrogens with zero attached hydrogens (tertiary/aromatic N) is 1. The molecule has 1 aromatic rings. The molecule has 5 heteroatoms. The van der Waals surface area contributed by atoms with Gasteiger partial charge in [-0.3, -0.25) is 9.69 Å². The molecule has 17 heavy (non-hydrogen) atoms. The number of halogens is 2. The van der Waals surface area contributed by atoms with E-state index >= 15 is 0 Å². The van der Waals surface area contributed by atoms with Crippen LogP contribution in [0.15, 0.2) is 18.2 Å². The molecule has 0 aliphatic carbocycles. The average Bonchev–Trinajstić information content (AvgIpc) is 2.69. The molecule has 0 spiro atoms. The van der Waals surface area contributed by atoms with E-state index < -0.39 is 0 Å². The number of rotatable bonds is 3. The molecule has 2 N–H and O–H groups in total. The summed E-state index contributed by atoms with van der Waals surface area (Å²) in [6, 6.07) is 5.84. The summed E-state index contributed by atoms with van der Waals surface area (Å²) in [5.74, 6) is -0.294. The Hall–Kier alpha value is -0.770. The lowest BCUT2D eigenvalue weighted by Crippen LogP contribution is -2.33. The van der Waals surface area contributed by atoms with E-state index in [0.717, 1.165) is 24.9 Å². The molecule has 1 heterocycles. The van der Waals surface area contributed by atoms with Gasteiger partial charge in [-0.1, -0.05) is 29.3 Å². The fraction of sp³-hybridized carbons (Fsp3) is 0.417. The molecule has 1 amide bonds. The predicted molar refractivity (Wildman–Crippen MR) is 69.2 cm³/mol. The molecule has 1 aliphatic rings. The zero-order chi connectivity index (χ0) is 12.4. The summed E-state index contributed by atoms with van der Waals surface area (Å²) >= 11 is 11.9. The minimum atomic E-state index is -0.294. The minimum Gasteiger partial charge on any atom is -0.369 e. The topological polar surface area (TPSA) is 46.3 Å². The molecule has 0 radical (unpaired) electrons. The SMILES string of the molecule is NC(=O)CN1CCCC1c1ccc(Cl)c(Cl)c1. The van der Waals surface area contributed by atoms with Crippen LogP contribution in [-0.2, 0) is 4.79 Å². The highest BCUT2D eigenvalue weighted by Gasteiger charge is 2.27. The highest BCUT2D eigenvalue weighted by atomic mass is 35.5. The largest absolute Gasteiger partial charge is 0.369 e. The first-order chi connectivity index (χ1) is 8.08. The number of hydrogen-bond donors (Lipinski definition) is 1. The van der Waals surface area contributed by atoms with Crippen LogP contribution in [-0.4, -0.2) is 23.9 Å². The van der Waals surface area contributed by atoms with Crippen LogP contribution in [0, 0.1) is 0 Å². The summed E-state index contributed by atoms with van der Waals surface area (Å²) in [6.07, 6.45) is 2.09. The Morgan fingerprint density at radius 2 is 2.18 bits per heavy atom. The summed E-state index contributed by atoms with van der Waals surface area (Å²) in [5.41, 5.74) is 6.33. The van der Waals surface area contributed by atoms with Crippen molar-refractivity contribution in [1.82, 2.24) is 4.90 Å². The Bertz CT molecular complexity index is 437. The van der Waals surface area contributed by atoms with E-state index in [1.165, 1.54) is 0 Å². The van der Waals surface area contributed by atoms with Gasteiger partial charge in [0.25, 0.3) is 0 Å². The fourth-order valence-corrected chi connectivity index (χ4v) is 2.62. The number of hydrogen-bond acceptors (Lipinski definition) is 2. The van der Waals surface area contributed by atoms with E-state index in [0.29, 0.717) is 16.6 Å². The standard InChI is InChI=1S/C12H14Cl2N2O/c13-9-4-3-8(6-10(9)14)11-2-1-5-16(11)7-12(15)17/h3-4,6,11H,1-2,5,7H2,(H2,15,17). The number of carbonyl (C=O) groups is 1. The molecular formula is C12H14Cl2N2O. The van der Waals surface area contributed by atoms with Gasteiger partial charge >= 0.3 is 0 Å². The van der Waals surface area contributed by atoms with Crippen LogP contribution in [0.5, 0.6) is 0 Å². The number of carbonyl (C=O) groups excluding carboxylic acids is 1. The Labute approximate surface area is 110 Å². The van der Waals surface area contributed by atoms with Crippen LogP contribution < -0.4 is 5.73 Å². The second-order valence-corrected chi connectivity index (χ2v) is 5.08. The molecule has 1 unspecified atom stereocenters. The zero-order valence-electron chi connectivity index (χ0n) is 9.33. The summed E-state index contributed by atoms with van der Waals surface area (Å²) < 4.78 is 0. The van der Waals surface area contributed by atoms with Crippen LogP contribution in [0.3, 0.4) is 0 Å². The van der Waals surface area contributed by atoms with Crippen molar-refractivity contribution in [3.63, 3.8) is 0 Å². The van der Waals surface area contributed by atoms with E-state index in [1.54, 1.807) is 6.07 Å². The van der Waals surface area contributed by atoms with Gasteiger partial charge in [-0.15, -0.1) is 0 Å². The van der Waals surface area contributed by atoms with Crippen molar-refractivity contribution in [2.45, 2.75) is 18.9 Å². The van der Waals surface area contributed by atoms with Crippen molar-refractivity contribution in [2.24, 2.45) is 5.73 Å². The van der Waals surface area contributed by atoms with E-state index in [1.807, 2.05) is 12.1 Å². The minimum absolute atomic E-state index is 0.220. The van der Waals surface area contributed by atoms with Gasteiger partial charge in [-0.05, 0) is 37.1 Å². The Kier molecular flexibility index (Phi) is 3.92. The maximum absolute atomic E-state index is 11.0. The lowest BCUT2D eigenvalue weighted by molar-refractivity contribution is -0.119. The maximum Gasteiger partial charge on any atom is 0.231 e. The summed E-state index contributed by atoms with van der Waals surface area (Å²) in [6.45, 7) is 1.19. The quantitative estimate of drug-likeness (QED) is 0.920. The highest BCUT2D eigenvalue weighted by molar-refractivity contribution is 6.42. The number of nitrogens with two attached hydrogens (primary N) is 1. The first kappa shape index (κ1) is 12.7. The lowest BCUT2D eigenvalue weighted by atomic mass is 10.0. The van der Waals surface area contributed by atoms with E-state index in [2.05, 4.69) is 4.90 Å². The van der Waals surface area contributed by atoms with E-state index in [9.17, 15) is 4.79 Å². The van der Waals surface area contributed by atoms with Crippen LogP contribution in [0.25, 0.3) is 0 Å². The van der Waals surface area contributed by atoms with Crippen LogP contribution in [0.2, 0.25) is 10.0 Å². The Balaban J connectivity index is 2.20. The third kappa shape index (κ3) is 2.92. The molecule has 2 rings (SSSR count). The number of amides is 1. The van der Waals surface area contributed by atoms with E-state index in [4.69, 9.17) is 28.9 Å². The molecule has 0 aromatic heterocycles. The van der Waals surface area contributed by atoms with Crippen molar-refractivity contribution in [3.05, 3.63) is 33.8 Å². The summed E-state index contributed by atoms with van der Waals surface area (Å²) in [7, 11) is 0. The third-order valence-electron chi connectivity index (χ3n) is 3.05. The fourth-order valence-electron chi connectivity index (χ4n) is 2.31. The highest BCUT2D eigenvalue weighted by Crippen LogP contribution is 2.34. The van der Waals surface area contributed by atoms with Crippen LogP contribution >= 0.6 is 23.2 Å². The maximum atomic E-state index is 11.0. The number of benzene rings is 1. The average molecular weight is 273 g/mol. The van der Waals surface area contributed by atoms with Gasteiger partial charge in [-0.2, -0.15) is 0 Å². The molecule has 1 fully saturated rings. The van der Waals surface area contributed by atoms with Gasteiger partial charge in [0.05, 0.1) is 16.6 Å². The molecule has 0 saturated carbocycles. The lowest BCUT2D eigenvalue weighted by Gasteiger charge is -2.23. The van der Waals surface area contributed by atoms with Gasteiger partial charge in [0.15, 0.2) is 0 Å². The van der Waals surface area contributed by atoms with E-state index in [-0.39, 0.29) is 11.9 Å². The monoisotopic (exact) mass is 272 g/mol. The molecule has 1 aromatic carbocycles. The molecule has 0 bridgehead atoms. The van der Waals surface area contributed by atoms with Crippen molar-refractivity contribution in [2.75, 3.05) is 13.1 Å². The molecule has 3 nitrogen and oxygen atoms in total. The second-order valence-electron chi connectivity index (χ2n) is 4.27. The first-order valence-corrected chi connectivity index (χ1v) is 6.31. The molecule has 92 valence electrons. The number of primary amides is 1. The van der Waals surface area contributed by atoms with Crippen molar-refractivity contribution in [1.29, 1.82) is 0 Å². The molecule has 1 saturated heterocycles. The van der Waals surface area contributed by atoms with Gasteiger partial charge < -0.3 is 5.73 Å². The van der Waals surface area contributed by atoms with Gasteiger partial charge in [0.1, 0.15) is 0 Å². The van der Waals surface area contributed by atoms with Gasteiger partial charge in [0.2, 0.25) is 5.91 Å². The summed E-state index contributed by atoms with van der Waals surface area (Å²) in [5, 5.41) is 1.10. The van der Waals surface area contributed by atoms with Crippen LogP contribution in [0.4, 0.5) is 0 Å². The molecule has 1 atom stereocenters. The Morgan fingerprint density at radius 1 is 1.41 bits per heavy atom. The van der Waals surface area contributed by atoms with Gasteiger partial charge in [-0.25, -0.2) is 0 Å². The van der Waals surface area contributed by atoms with Crippen molar-refractivity contribution < 1.29 is 4.79 Å². The second kappa shape index (κ2) is 5.25. The third-order valence-corrected chi connectivity index (χ3v) is 3.79. The smallest absolute Gasteiger partial charge is 0.231 e. The normalized spacial score (nSPS) is 20.7. The molecular weight excluding hydrogens is 259 g/mol. The Morgan fingerprint density at radius 3 is 2.82 bits per heavy atom. The van der Waals surface area contributed by atoms with Crippen molar-refractivity contribution in [3.8, 4) is 0 Å². The first-order valence-electron chi connectivity index (χ1n) is 5.55. The predicted octanol–water partition coefficient (Wildman–Crippen LogP) is 2.62.